The van der Waals surface area contributed by atoms with Gasteiger partial charge in [-0.3, -0.25) is 0 Å². The molecular weight excluding hydrogens is 253 g/mol. The van der Waals surface area contributed by atoms with Crippen molar-refractivity contribution in [3.05, 3.63) is 0 Å². The van der Waals surface area contributed by atoms with Crippen LogP contribution >= 0.6 is 7.82 Å². The standard InChI is InChI=1S/Ca.Fe.Li.Mn.H3O4P.3H/c;;;;1-5(2,3)4;;;/h;;;;(H3,1,2,3,4);;;. The van der Waals surface area contributed by atoms with Gasteiger partial charge in [0.2, 0.25) is 0 Å². The second-order valence-electron chi connectivity index (χ2n) is 0.513. The fourth-order valence-corrected chi connectivity index (χ4v) is 0. The Bertz CT molecular complexity index is 66.7. The normalized spacial score (nSPS) is 6.56. The van der Waals surface area contributed by atoms with Crippen LogP contribution < -0.4 is 0 Å². The third kappa shape index (κ3) is 98.8. The molecular formula is H6CaFeLiMnO4P. The molecule has 0 saturated carbocycles. The predicted molar refractivity (Wildman–Crippen MR) is 30.0 cm³/mol. The maximum Gasteiger partial charge on any atom is 0 e. The second-order valence-corrected chi connectivity index (χ2v) is 1.54. The van der Waals surface area contributed by atoms with Gasteiger partial charge in [-0.15, -0.1) is 0 Å². The summed E-state index contributed by atoms with van der Waals surface area (Å²) in [5.41, 5.74) is 0. The fourth-order valence-electron chi connectivity index (χ4n) is 0. The van der Waals surface area contributed by atoms with E-state index in [-0.39, 0.29) is 90.7 Å². The Kier molecular flexibility index (Phi) is 44.7. The zero-order valence-corrected chi connectivity index (χ0v) is 6.11. The molecule has 0 saturated heterocycles. The van der Waals surface area contributed by atoms with Crippen LogP contribution in [0.25, 0.3) is 0 Å². The molecule has 0 atom stereocenters. The van der Waals surface area contributed by atoms with E-state index in [9.17, 15) is 0 Å². The first-order valence-electron chi connectivity index (χ1n) is 0.783. The van der Waals surface area contributed by atoms with Gasteiger partial charge in [-0.05, 0) is 0 Å². The van der Waals surface area contributed by atoms with Crippen LogP contribution in [-0.2, 0) is 38.7 Å². The molecule has 9 heavy (non-hydrogen) atoms. The summed E-state index contributed by atoms with van der Waals surface area (Å²) in [6, 6.07) is 0. The zero-order valence-electron chi connectivity index (χ0n) is 2.93. The first kappa shape index (κ1) is 29.6. The fraction of sp³-hybridized carbons (Fsp3) is 0. The maximum atomic E-state index is 8.88. The Morgan fingerprint density at radius 3 is 1.11 bits per heavy atom. The van der Waals surface area contributed by atoms with Crippen LogP contribution in [0.15, 0.2) is 0 Å². The minimum Gasteiger partial charge on any atom is 0 e. The summed E-state index contributed by atoms with van der Waals surface area (Å²) in [6.07, 6.45) is 0. The molecule has 53 valence electrons. The van der Waals surface area contributed by atoms with E-state index >= 15 is 0 Å². The molecule has 0 aromatic carbocycles. The van der Waals surface area contributed by atoms with E-state index in [1.807, 2.05) is 0 Å². The van der Waals surface area contributed by atoms with E-state index in [0.717, 1.165) is 0 Å². The van der Waals surface area contributed by atoms with Crippen molar-refractivity contribution < 1.29 is 53.4 Å². The Morgan fingerprint density at radius 2 is 1.11 bits per heavy atom. The van der Waals surface area contributed by atoms with Gasteiger partial charge in [-0.2, -0.15) is 0 Å². The largest absolute Gasteiger partial charge is 0 e. The Balaban J connectivity index is -0.0000000133. The van der Waals surface area contributed by atoms with Gasteiger partial charge in [-0.1, -0.05) is 0 Å². The Morgan fingerprint density at radius 1 is 1.11 bits per heavy atom. The molecule has 0 fully saturated rings. The summed E-state index contributed by atoms with van der Waals surface area (Å²) >= 11 is 0. The molecule has 0 aromatic rings. The SMILES string of the molecule is O=P(O)(O)O.[CaH2].[Fe].[LiH].[Mn]. The van der Waals surface area contributed by atoms with E-state index in [1.54, 1.807) is 0 Å². The number of hydrogen-bond acceptors (Lipinski definition) is 1. The van der Waals surface area contributed by atoms with Gasteiger partial charge in [-0.25, -0.2) is 4.57 Å². The van der Waals surface area contributed by atoms with Crippen LogP contribution in [0.5, 0.6) is 0 Å². The number of hydrogen-bond donors (Lipinski definition) is 3. The van der Waals surface area contributed by atoms with Crippen LogP contribution in [0, 0.1) is 0 Å². The van der Waals surface area contributed by atoms with Gasteiger partial charge in [0.1, 0.15) is 0 Å². The van der Waals surface area contributed by atoms with Gasteiger partial charge < -0.3 is 14.7 Å². The van der Waals surface area contributed by atoms with Crippen molar-refractivity contribution in [1.82, 2.24) is 0 Å². The molecule has 0 aromatic heterocycles. The molecule has 0 aliphatic heterocycles. The molecule has 0 aliphatic rings. The summed E-state index contributed by atoms with van der Waals surface area (Å²) in [7, 11) is -4.64. The molecule has 0 spiro atoms. The van der Waals surface area contributed by atoms with Crippen LogP contribution in [0.1, 0.15) is 0 Å². The molecule has 4 nitrogen and oxygen atoms in total. The van der Waals surface area contributed by atoms with Crippen molar-refractivity contribution in [1.29, 1.82) is 0 Å². The molecule has 0 unspecified atom stereocenters. The van der Waals surface area contributed by atoms with E-state index in [4.69, 9.17) is 19.2 Å². The molecule has 0 amide bonds. The van der Waals surface area contributed by atoms with Gasteiger partial charge in [0.05, 0.1) is 0 Å². The Hall–Kier alpha value is 3.01. The molecule has 9 heteroatoms. The molecule has 0 bridgehead atoms. The first-order valence-corrected chi connectivity index (χ1v) is 2.35. The summed E-state index contributed by atoms with van der Waals surface area (Å²) < 4.78 is 8.88. The topological polar surface area (TPSA) is 77.8 Å². The van der Waals surface area contributed by atoms with Crippen molar-refractivity contribution in [2.24, 2.45) is 0 Å². The molecule has 0 heterocycles. The minimum atomic E-state index is -4.64. The zero-order chi connectivity index (χ0) is 4.50. The Labute approximate surface area is 116 Å². The quantitative estimate of drug-likeness (QED) is 0.332. The predicted octanol–water partition coefficient (Wildman–Crippen LogP) is -2.50. The van der Waals surface area contributed by atoms with Crippen LogP contribution in [0.4, 0.5) is 0 Å². The maximum absolute atomic E-state index is 8.88. The molecule has 0 aliphatic carbocycles. The van der Waals surface area contributed by atoms with E-state index < -0.39 is 7.82 Å². The van der Waals surface area contributed by atoms with E-state index in [0.29, 0.717) is 0 Å². The molecule has 0 rings (SSSR count). The van der Waals surface area contributed by atoms with E-state index in [2.05, 4.69) is 0 Å². The van der Waals surface area contributed by atoms with Crippen LogP contribution in [-0.4, -0.2) is 71.3 Å². The monoisotopic (exact) mass is 259 g/mol. The van der Waals surface area contributed by atoms with Crippen molar-refractivity contribution >= 4 is 64.4 Å². The second kappa shape index (κ2) is 13.6. The van der Waals surface area contributed by atoms with Crippen LogP contribution in [0.3, 0.4) is 0 Å². The van der Waals surface area contributed by atoms with Gasteiger partial charge in [0.15, 0.2) is 0 Å². The number of rotatable bonds is 0. The minimum absolute atomic E-state index is 0. The number of phosphoric acid groups is 1. The van der Waals surface area contributed by atoms with Gasteiger partial charge in [0, 0.05) is 34.1 Å². The summed E-state index contributed by atoms with van der Waals surface area (Å²) in [5, 5.41) is 0. The van der Waals surface area contributed by atoms with Gasteiger partial charge in [0.25, 0.3) is 0 Å². The first-order chi connectivity index (χ1) is 2.00. The molecule has 3 N–H and O–H groups in total. The average Bonchev–Trinajstić information content (AvgIpc) is 0.722. The van der Waals surface area contributed by atoms with Crippen molar-refractivity contribution in [2.75, 3.05) is 0 Å². The van der Waals surface area contributed by atoms with Crippen molar-refractivity contribution in [2.45, 2.75) is 0 Å². The summed E-state index contributed by atoms with van der Waals surface area (Å²) in [5.74, 6) is 0. The van der Waals surface area contributed by atoms with Crippen LogP contribution in [0.2, 0.25) is 0 Å². The van der Waals surface area contributed by atoms with E-state index in [1.165, 1.54) is 0 Å². The van der Waals surface area contributed by atoms with Crippen molar-refractivity contribution in [3.8, 4) is 0 Å². The van der Waals surface area contributed by atoms with Gasteiger partial charge >= 0.3 is 64.4 Å². The third-order valence-corrected chi connectivity index (χ3v) is 0. The smallest absolute Gasteiger partial charge is 0 e. The summed E-state index contributed by atoms with van der Waals surface area (Å²) in [4.78, 5) is 21.6. The molecule has 1 radical (unpaired) electrons. The summed E-state index contributed by atoms with van der Waals surface area (Å²) in [6.45, 7) is 0. The third-order valence-electron chi connectivity index (χ3n) is 0. The van der Waals surface area contributed by atoms with Crippen molar-refractivity contribution in [3.63, 3.8) is 0 Å². The average molecular weight is 259 g/mol.